The predicted octanol–water partition coefficient (Wildman–Crippen LogP) is 9.73. The summed E-state index contributed by atoms with van der Waals surface area (Å²) in [5.74, 6) is 2.56. The average molecular weight is 519 g/mol. The van der Waals surface area contributed by atoms with E-state index in [0.717, 1.165) is 30.6 Å². The minimum atomic E-state index is -1.91. The number of hydrogen-bond donors (Lipinski definition) is 0. The average Bonchev–Trinajstić information content (AvgIpc) is 3.08. The molecule has 3 saturated carbocycles. The van der Waals surface area contributed by atoms with Gasteiger partial charge in [-0.15, -0.1) is 0 Å². The van der Waals surface area contributed by atoms with Crippen LogP contribution in [0.25, 0.3) is 0 Å². The summed E-state index contributed by atoms with van der Waals surface area (Å²) < 4.78 is 14.6. The summed E-state index contributed by atoms with van der Waals surface area (Å²) in [6.07, 6.45) is 14.0. The fraction of sp³-hybridized carbons (Fsp3) is 0.935. The fourth-order valence-corrected chi connectivity index (χ4v) is 10.8. The lowest BCUT2D eigenvalue weighted by molar-refractivity contribution is -0.0924. The standard InChI is InChI=1S/C31H58O2Si2/c1-28(2,3)34(9,10)32-23-20-22-15-16-24-25-14-13-18-30(25,7)19-17-26(24)31(22,8)27(21-23)33-35(11,12)29(4,5)6/h15,23-27H,13-14,16-21H2,1-12H3/t23?,24-,25-,26+,27?,30-,31-/m0/s1. The van der Waals surface area contributed by atoms with E-state index >= 15 is 0 Å². The molecule has 0 amide bonds. The summed E-state index contributed by atoms with van der Waals surface area (Å²) in [7, 11) is -3.74. The molecule has 3 fully saturated rings. The van der Waals surface area contributed by atoms with Crippen molar-refractivity contribution >= 4 is 16.6 Å². The van der Waals surface area contributed by atoms with E-state index in [2.05, 4.69) is 87.7 Å². The van der Waals surface area contributed by atoms with Gasteiger partial charge in [0, 0.05) is 5.41 Å². The lowest BCUT2D eigenvalue weighted by atomic mass is 9.47. The van der Waals surface area contributed by atoms with E-state index < -0.39 is 16.6 Å². The predicted molar refractivity (Wildman–Crippen MR) is 156 cm³/mol. The Morgan fingerprint density at radius 3 is 2.03 bits per heavy atom. The maximum atomic E-state index is 7.47. The van der Waals surface area contributed by atoms with Gasteiger partial charge in [-0.2, -0.15) is 0 Å². The van der Waals surface area contributed by atoms with Crippen molar-refractivity contribution in [2.24, 2.45) is 28.6 Å². The van der Waals surface area contributed by atoms with Crippen LogP contribution in [0.3, 0.4) is 0 Å². The van der Waals surface area contributed by atoms with Crippen molar-refractivity contribution in [3.63, 3.8) is 0 Å². The first-order valence-corrected chi connectivity index (χ1v) is 20.7. The van der Waals surface area contributed by atoms with E-state index in [-0.39, 0.29) is 21.6 Å². The van der Waals surface area contributed by atoms with Crippen LogP contribution in [0.4, 0.5) is 0 Å². The zero-order chi connectivity index (χ0) is 26.2. The van der Waals surface area contributed by atoms with E-state index in [1.54, 1.807) is 5.57 Å². The minimum Gasteiger partial charge on any atom is -0.414 e. The molecule has 0 heterocycles. The summed E-state index contributed by atoms with van der Waals surface area (Å²) in [5.41, 5.74) is 2.47. The third-order valence-electron chi connectivity index (χ3n) is 12.4. The van der Waals surface area contributed by atoms with Crippen molar-refractivity contribution < 1.29 is 8.85 Å². The van der Waals surface area contributed by atoms with Crippen molar-refractivity contribution in [3.8, 4) is 0 Å². The Morgan fingerprint density at radius 1 is 0.829 bits per heavy atom. The Kier molecular flexibility index (Phi) is 7.08. The van der Waals surface area contributed by atoms with Gasteiger partial charge in [0.2, 0.25) is 0 Å². The van der Waals surface area contributed by atoms with Crippen LogP contribution in [0, 0.1) is 28.6 Å². The van der Waals surface area contributed by atoms with Crippen molar-refractivity contribution in [1.29, 1.82) is 0 Å². The van der Waals surface area contributed by atoms with Gasteiger partial charge in [-0.1, -0.05) is 73.5 Å². The highest BCUT2D eigenvalue weighted by atomic mass is 28.4. The van der Waals surface area contributed by atoms with Crippen LogP contribution in [0.1, 0.15) is 107 Å². The van der Waals surface area contributed by atoms with Gasteiger partial charge in [-0.25, -0.2) is 0 Å². The minimum absolute atomic E-state index is 0.176. The summed E-state index contributed by atoms with van der Waals surface area (Å²) in [6.45, 7) is 29.4. The zero-order valence-corrected chi connectivity index (χ0v) is 27.4. The molecule has 4 heteroatoms. The van der Waals surface area contributed by atoms with Crippen molar-refractivity contribution in [2.75, 3.05) is 0 Å². The number of rotatable bonds is 4. The maximum Gasteiger partial charge on any atom is 0.192 e. The normalized spacial score (nSPS) is 40.6. The molecule has 4 aliphatic carbocycles. The van der Waals surface area contributed by atoms with Gasteiger partial charge in [0.1, 0.15) is 0 Å². The Hall–Kier alpha value is 0.0938. The van der Waals surface area contributed by atoms with Crippen LogP contribution >= 0.6 is 0 Å². The van der Waals surface area contributed by atoms with Crippen molar-refractivity contribution in [3.05, 3.63) is 11.6 Å². The molecular formula is C31H58O2Si2. The number of fused-ring (bicyclic) bond motifs is 5. The number of allylic oxidation sites excluding steroid dienone is 1. The molecule has 2 nitrogen and oxygen atoms in total. The Labute approximate surface area is 220 Å². The lowest BCUT2D eigenvalue weighted by Gasteiger charge is -2.61. The zero-order valence-electron chi connectivity index (χ0n) is 25.4. The van der Waals surface area contributed by atoms with Gasteiger partial charge in [0.25, 0.3) is 0 Å². The van der Waals surface area contributed by atoms with Gasteiger partial charge in [-0.05, 0) is 104 Å². The SMILES string of the molecule is CC(C)(C)[Si](C)(C)OC1CC2=CC[C@@H]3[C@@H](CC[C@]4(C)CCC[C@@H]34)[C@@]2(C)C(O[Si](C)(C)C(C)(C)C)C1. The molecule has 0 radical (unpaired) electrons. The highest BCUT2D eigenvalue weighted by molar-refractivity contribution is 6.74. The second-order valence-corrected chi connectivity index (χ2v) is 26.0. The molecule has 4 rings (SSSR count). The van der Waals surface area contributed by atoms with Gasteiger partial charge in [0.05, 0.1) is 12.2 Å². The van der Waals surface area contributed by atoms with Crippen LogP contribution in [-0.2, 0) is 8.85 Å². The maximum absolute atomic E-state index is 7.47. The van der Waals surface area contributed by atoms with Crippen LogP contribution in [0.15, 0.2) is 11.6 Å². The van der Waals surface area contributed by atoms with Gasteiger partial charge in [-0.3, -0.25) is 0 Å². The largest absolute Gasteiger partial charge is 0.414 e. The third kappa shape index (κ3) is 4.74. The summed E-state index contributed by atoms with van der Waals surface area (Å²) in [4.78, 5) is 0. The quantitative estimate of drug-likeness (QED) is 0.272. The van der Waals surface area contributed by atoms with Crippen molar-refractivity contribution in [1.82, 2.24) is 0 Å². The van der Waals surface area contributed by atoms with Crippen LogP contribution < -0.4 is 0 Å². The monoisotopic (exact) mass is 518 g/mol. The van der Waals surface area contributed by atoms with Crippen LogP contribution in [-0.4, -0.2) is 28.8 Å². The molecule has 2 unspecified atom stereocenters. The van der Waals surface area contributed by atoms with Gasteiger partial charge >= 0.3 is 0 Å². The molecule has 0 saturated heterocycles. The molecule has 0 spiro atoms. The summed E-state index contributed by atoms with van der Waals surface area (Å²) in [6, 6.07) is 0. The summed E-state index contributed by atoms with van der Waals surface area (Å²) in [5, 5.41) is 0.469. The first kappa shape index (κ1) is 28.1. The Balaban J connectivity index is 1.70. The van der Waals surface area contributed by atoms with E-state index in [1.165, 1.54) is 38.5 Å². The molecule has 0 N–H and O–H groups in total. The molecule has 0 aromatic rings. The fourth-order valence-electron chi connectivity index (χ4n) is 8.04. The first-order valence-electron chi connectivity index (χ1n) is 14.9. The second kappa shape index (κ2) is 8.81. The molecule has 4 aliphatic rings. The molecule has 0 bridgehead atoms. The second-order valence-electron chi connectivity index (χ2n) is 16.5. The van der Waals surface area contributed by atoms with E-state index in [1.807, 2.05) is 0 Å². The highest BCUT2D eigenvalue weighted by Crippen LogP contribution is 2.66. The van der Waals surface area contributed by atoms with E-state index in [9.17, 15) is 0 Å². The molecule has 7 atom stereocenters. The lowest BCUT2D eigenvalue weighted by Crippen LogP contribution is -2.59. The Bertz CT molecular complexity index is 832. The molecule has 0 aliphatic heterocycles. The molecule has 35 heavy (non-hydrogen) atoms. The van der Waals surface area contributed by atoms with Crippen LogP contribution in [0.5, 0.6) is 0 Å². The number of hydrogen-bond acceptors (Lipinski definition) is 2. The third-order valence-corrected chi connectivity index (χ3v) is 21.4. The van der Waals surface area contributed by atoms with Crippen LogP contribution in [0.2, 0.25) is 36.3 Å². The molecular weight excluding hydrogens is 461 g/mol. The van der Waals surface area contributed by atoms with E-state index in [4.69, 9.17) is 8.85 Å². The highest BCUT2D eigenvalue weighted by Gasteiger charge is 2.60. The molecule has 0 aromatic carbocycles. The topological polar surface area (TPSA) is 18.5 Å². The van der Waals surface area contributed by atoms with Gasteiger partial charge < -0.3 is 8.85 Å². The Morgan fingerprint density at radius 2 is 1.43 bits per heavy atom. The first-order chi connectivity index (χ1) is 15.8. The van der Waals surface area contributed by atoms with E-state index in [0.29, 0.717) is 11.5 Å². The van der Waals surface area contributed by atoms with Gasteiger partial charge in [0.15, 0.2) is 16.6 Å². The smallest absolute Gasteiger partial charge is 0.192 e. The molecule has 202 valence electrons. The summed E-state index contributed by atoms with van der Waals surface area (Å²) >= 11 is 0. The van der Waals surface area contributed by atoms with Crippen molar-refractivity contribution in [2.45, 2.75) is 155 Å². The molecule has 0 aromatic heterocycles.